The molecule has 2 aliphatic rings. The van der Waals surface area contributed by atoms with Gasteiger partial charge in [0.05, 0.1) is 11.5 Å². The van der Waals surface area contributed by atoms with Gasteiger partial charge in [-0.3, -0.25) is 0 Å². The monoisotopic (exact) mass is 176 g/mol. The van der Waals surface area contributed by atoms with Crippen LogP contribution in [0.2, 0.25) is 0 Å². The molecule has 2 atom stereocenters. The van der Waals surface area contributed by atoms with Gasteiger partial charge in [-0.05, 0) is 0 Å². The molecule has 0 bridgehead atoms. The molecular formula is C6H12N2O2S. The van der Waals surface area contributed by atoms with E-state index in [0.717, 1.165) is 13.1 Å². The molecular weight excluding hydrogens is 164 g/mol. The average molecular weight is 176 g/mol. The summed E-state index contributed by atoms with van der Waals surface area (Å²) in [6, 6.07) is 0.322. The highest BCUT2D eigenvalue weighted by Crippen LogP contribution is 2.13. The molecule has 2 rings (SSSR count). The van der Waals surface area contributed by atoms with E-state index in [9.17, 15) is 8.42 Å². The van der Waals surface area contributed by atoms with Gasteiger partial charge in [0.25, 0.3) is 0 Å². The summed E-state index contributed by atoms with van der Waals surface area (Å²) < 4.78 is 22.2. The van der Waals surface area contributed by atoms with E-state index < -0.39 is 9.84 Å². The van der Waals surface area contributed by atoms with E-state index in [1.54, 1.807) is 0 Å². The molecule has 0 saturated carbocycles. The Morgan fingerprint density at radius 2 is 1.45 bits per heavy atom. The van der Waals surface area contributed by atoms with Crippen LogP contribution in [0.5, 0.6) is 0 Å². The van der Waals surface area contributed by atoms with Gasteiger partial charge in [-0.1, -0.05) is 0 Å². The molecule has 2 fully saturated rings. The van der Waals surface area contributed by atoms with Gasteiger partial charge in [0.1, 0.15) is 0 Å². The first-order chi connectivity index (χ1) is 5.17. The summed E-state index contributed by atoms with van der Waals surface area (Å²) in [6.45, 7) is 1.77. The van der Waals surface area contributed by atoms with Crippen molar-refractivity contribution in [1.82, 2.24) is 10.6 Å². The molecule has 4 nitrogen and oxygen atoms in total. The summed E-state index contributed by atoms with van der Waals surface area (Å²) in [5.41, 5.74) is 0. The third-order valence-electron chi connectivity index (χ3n) is 2.29. The number of nitrogens with one attached hydrogen (secondary N) is 2. The predicted molar refractivity (Wildman–Crippen MR) is 42.2 cm³/mol. The first-order valence-corrected chi connectivity index (χ1v) is 5.67. The molecule has 0 aliphatic carbocycles. The molecule has 2 N–H and O–H groups in total. The standard InChI is InChI=1S/C6H12N2O2S/c9-11(10)3-5-6(4-11)8-2-1-7-5/h5-8H,1-4H2/t5-,6-/m1/s1. The van der Waals surface area contributed by atoms with E-state index in [-0.39, 0.29) is 12.1 Å². The Balaban J connectivity index is 2.15. The Kier molecular flexibility index (Phi) is 1.66. The highest BCUT2D eigenvalue weighted by molar-refractivity contribution is 7.91. The van der Waals surface area contributed by atoms with Crippen LogP contribution in [0.4, 0.5) is 0 Å². The number of sulfone groups is 1. The van der Waals surface area contributed by atoms with Crippen LogP contribution < -0.4 is 10.6 Å². The highest BCUT2D eigenvalue weighted by Gasteiger charge is 2.38. The SMILES string of the molecule is O=S1(=O)C[C@H]2NCCN[C@@H]2C1. The van der Waals surface area contributed by atoms with Crippen LogP contribution in [-0.4, -0.2) is 45.1 Å². The fraction of sp³-hybridized carbons (Fsp3) is 1.00. The second kappa shape index (κ2) is 2.43. The first-order valence-electron chi connectivity index (χ1n) is 3.84. The van der Waals surface area contributed by atoms with Gasteiger partial charge in [0.2, 0.25) is 0 Å². The number of hydrogen-bond donors (Lipinski definition) is 2. The van der Waals surface area contributed by atoms with Gasteiger partial charge in [-0.2, -0.15) is 0 Å². The molecule has 0 aromatic rings. The molecule has 11 heavy (non-hydrogen) atoms. The zero-order valence-corrected chi connectivity index (χ0v) is 7.02. The third-order valence-corrected chi connectivity index (χ3v) is 4.02. The summed E-state index contributed by atoms with van der Waals surface area (Å²) in [4.78, 5) is 0. The molecule has 0 unspecified atom stereocenters. The van der Waals surface area contributed by atoms with Crippen LogP contribution in [0.15, 0.2) is 0 Å². The van der Waals surface area contributed by atoms with Crippen molar-refractivity contribution >= 4 is 9.84 Å². The van der Waals surface area contributed by atoms with Crippen molar-refractivity contribution in [2.24, 2.45) is 0 Å². The van der Waals surface area contributed by atoms with E-state index in [1.165, 1.54) is 0 Å². The van der Waals surface area contributed by atoms with Crippen LogP contribution in [0.3, 0.4) is 0 Å². The number of rotatable bonds is 0. The van der Waals surface area contributed by atoms with Crippen LogP contribution >= 0.6 is 0 Å². The fourth-order valence-corrected chi connectivity index (χ4v) is 3.70. The van der Waals surface area contributed by atoms with E-state index in [0.29, 0.717) is 11.5 Å². The Bertz CT molecular complexity index is 229. The molecule has 5 heteroatoms. The molecule has 2 aliphatic heterocycles. The van der Waals surface area contributed by atoms with Gasteiger partial charge >= 0.3 is 0 Å². The van der Waals surface area contributed by atoms with E-state index in [2.05, 4.69) is 10.6 Å². The second-order valence-electron chi connectivity index (χ2n) is 3.20. The summed E-state index contributed by atoms with van der Waals surface area (Å²) >= 11 is 0. The first kappa shape index (κ1) is 7.52. The minimum absolute atomic E-state index is 0.161. The van der Waals surface area contributed by atoms with Gasteiger partial charge in [-0.25, -0.2) is 8.42 Å². The Hall–Kier alpha value is -0.130. The smallest absolute Gasteiger partial charge is 0.153 e. The molecule has 64 valence electrons. The number of piperazine rings is 1. The molecule has 0 radical (unpaired) electrons. The van der Waals surface area contributed by atoms with Crippen LogP contribution in [0, 0.1) is 0 Å². The highest BCUT2D eigenvalue weighted by atomic mass is 32.2. The summed E-state index contributed by atoms with van der Waals surface area (Å²) in [5.74, 6) is 0.620. The average Bonchev–Trinajstić information content (AvgIpc) is 2.21. The van der Waals surface area contributed by atoms with Gasteiger partial charge < -0.3 is 10.6 Å². The summed E-state index contributed by atoms with van der Waals surface area (Å²) in [5, 5.41) is 6.39. The van der Waals surface area contributed by atoms with Crippen molar-refractivity contribution < 1.29 is 8.42 Å². The molecule has 0 spiro atoms. The lowest BCUT2D eigenvalue weighted by molar-refractivity contribution is 0.377. The van der Waals surface area contributed by atoms with Gasteiger partial charge in [0, 0.05) is 25.2 Å². The molecule has 0 aromatic carbocycles. The molecule has 0 aromatic heterocycles. The Labute approximate surface area is 66.3 Å². The topological polar surface area (TPSA) is 58.2 Å². The van der Waals surface area contributed by atoms with Crippen molar-refractivity contribution in [1.29, 1.82) is 0 Å². The quantitative estimate of drug-likeness (QED) is 0.464. The summed E-state index contributed by atoms with van der Waals surface area (Å²) in [6.07, 6.45) is 0. The molecule has 2 saturated heterocycles. The minimum Gasteiger partial charge on any atom is -0.310 e. The van der Waals surface area contributed by atoms with E-state index >= 15 is 0 Å². The van der Waals surface area contributed by atoms with Crippen LogP contribution in [-0.2, 0) is 9.84 Å². The van der Waals surface area contributed by atoms with Crippen molar-refractivity contribution in [3.05, 3.63) is 0 Å². The largest absolute Gasteiger partial charge is 0.310 e. The van der Waals surface area contributed by atoms with Crippen molar-refractivity contribution in [3.8, 4) is 0 Å². The fourth-order valence-electron chi connectivity index (χ4n) is 1.76. The second-order valence-corrected chi connectivity index (χ2v) is 5.35. The van der Waals surface area contributed by atoms with Crippen LogP contribution in [0.25, 0.3) is 0 Å². The van der Waals surface area contributed by atoms with Crippen LogP contribution in [0.1, 0.15) is 0 Å². The maximum Gasteiger partial charge on any atom is 0.153 e. The third kappa shape index (κ3) is 1.40. The van der Waals surface area contributed by atoms with Crippen molar-refractivity contribution in [2.75, 3.05) is 24.6 Å². The normalized spacial score (nSPS) is 41.8. The van der Waals surface area contributed by atoms with Crippen molar-refractivity contribution in [3.63, 3.8) is 0 Å². The summed E-state index contributed by atoms with van der Waals surface area (Å²) in [7, 11) is -2.75. The van der Waals surface area contributed by atoms with Gasteiger partial charge in [-0.15, -0.1) is 0 Å². The zero-order chi connectivity index (χ0) is 7.90. The maximum absolute atomic E-state index is 11.1. The predicted octanol–water partition coefficient (Wildman–Crippen LogP) is -1.66. The van der Waals surface area contributed by atoms with E-state index in [1.807, 2.05) is 0 Å². The van der Waals surface area contributed by atoms with Gasteiger partial charge in [0.15, 0.2) is 9.84 Å². The number of hydrogen-bond acceptors (Lipinski definition) is 4. The molecule has 0 amide bonds. The van der Waals surface area contributed by atoms with Crippen molar-refractivity contribution in [2.45, 2.75) is 12.1 Å². The van der Waals surface area contributed by atoms with E-state index in [4.69, 9.17) is 0 Å². The molecule has 2 heterocycles. The lowest BCUT2D eigenvalue weighted by Gasteiger charge is -2.26. The Morgan fingerprint density at radius 3 is 1.91 bits per heavy atom. The minimum atomic E-state index is -2.75. The number of fused-ring (bicyclic) bond motifs is 1. The maximum atomic E-state index is 11.1. The lowest BCUT2D eigenvalue weighted by atomic mass is 10.1. The zero-order valence-electron chi connectivity index (χ0n) is 6.21. The lowest BCUT2D eigenvalue weighted by Crippen LogP contribution is -2.55. The Morgan fingerprint density at radius 1 is 1.00 bits per heavy atom.